The van der Waals surface area contributed by atoms with Crippen LogP contribution in [0.15, 0.2) is 54.7 Å². The quantitative estimate of drug-likeness (QED) is 0.432. The molecule has 0 saturated carbocycles. The van der Waals surface area contributed by atoms with Crippen molar-refractivity contribution in [1.82, 2.24) is 25.1 Å². The van der Waals surface area contributed by atoms with E-state index in [9.17, 15) is 4.79 Å². The minimum absolute atomic E-state index is 0.200. The van der Waals surface area contributed by atoms with Crippen LogP contribution >= 0.6 is 0 Å². The van der Waals surface area contributed by atoms with Crippen LogP contribution in [-0.2, 0) is 0 Å². The molecule has 0 radical (unpaired) electrons. The molecule has 2 N–H and O–H groups in total. The fourth-order valence-electron chi connectivity index (χ4n) is 2.53. The molecule has 3 aromatic rings. The van der Waals surface area contributed by atoms with Crippen molar-refractivity contribution in [2.75, 3.05) is 19.8 Å². The number of carbonyl (C=O) groups is 1. The van der Waals surface area contributed by atoms with Crippen LogP contribution in [0, 0.1) is 6.92 Å². The number of hydrogen-bond acceptors (Lipinski definition) is 6. The highest BCUT2D eigenvalue weighted by atomic mass is 16.1. The van der Waals surface area contributed by atoms with Crippen molar-refractivity contribution in [2.24, 2.45) is 0 Å². The molecular weight excluding hydrogens is 328 g/mol. The largest absolute Gasteiger partial charge is 0.399 e. The molecule has 0 atom stereocenters. The number of nitrogens with two attached hydrogens (primary N) is 1. The van der Waals surface area contributed by atoms with Crippen LogP contribution in [0.1, 0.15) is 21.7 Å². The van der Waals surface area contributed by atoms with Gasteiger partial charge in [-0.3, -0.25) is 4.79 Å². The van der Waals surface area contributed by atoms with Crippen LogP contribution in [0.2, 0.25) is 0 Å². The van der Waals surface area contributed by atoms with Gasteiger partial charge < -0.3 is 10.6 Å². The van der Waals surface area contributed by atoms with Crippen LogP contribution in [0.3, 0.4) is 0 Å². The van der Waals surface area contributed by atoms with E-state index in [0.29, 0.717) is 22.6 Å². The molecule has 3 rings (SSSR count). The second-order valence-corrected chi connectivity index (χ2v) is 6.21. The fourth-order valence-corrected chi connectivity index (χ4v) is 2.53. The van der Waals surface area contributed by atoms with Gasteiger partial charge in [0.15, 0.2) is 11.6 Å². The third-order valence-electron chi connectivity index (χ3n) is 3.77. The van der Waals surface area contributed by atoms with Crippen molar-refractivity contribution in [2.45, 2.75) is 6.92 Å². The molecule has 0 spiro atoms. The van der Waals surface area contributed by atoms with Gasteiger partial charge in [0.05, 0.1) is 11.3 Å². The average Bonchev–Trinajstić information content (AvgIpc) is 3.09. The van der Waals surface area contributed by atoms with E-state index in [2.05, 4.69) is 15.5 Å². The van der Waals surface area contributed by atoms with Gasteiger partial charge in [-0.1, -0.05) is 29.8 Å². The molecule has 0 bridgehead atoms. The van der Waals surface area contributed by atoms with Gasteiger partial charge in [0, 0.05) is 31.5 Å². The van der Waals surface area contributed by atoms with Crippen LogP contribution < -0.4 is 5.73 Å². The molecule has 2 aromatic carbocycles. The number of nitrogens with zero attached hydrogens (tertiary/aromatic N) is 5. The van der Waals surface area contributed by atoms with E-state index in [-0.39, 0.29) is 5.78 Å². The number of aromatic nitrogens is 4. The molecule has 26 heavy (non-hydrogen) atoms. The Morgan fingerprint density at radius 3 is 2.54 bits per heavy atom. The maximum atomic E-state index is 13.1. The van der Waals surface area contributed by atoms with Gasteiger partial charge in [-0.2, -0.15) is 4.68 Å². The summed E-state index contributed by atoms with van der Waals surface area (Å²) in [5, 5.41) is 11.9. The predicted octanol–water partition coefficient (Wildman–Crippen LogP) is 2.34. The summed E-state index contributed by atoms with van der Waals surface area (Å²) < 4.78 is 1.55. The zero-order chi connectivity index (χ0) is 18.7. The number of carbonyl (C=O) groups excluding carboxylic acids is 1. The Hall–Kier alpha value is -3.48. The molecule has 1 aromatic heterocycles. The molecule has 0 aliphatic heterocycles. The van der Waals surface area contributed by atoms with Gasteiger partial charge in [-0.05, 0) is 41.6 Å². The van der Waals surface area contributed by atoms with E-state index in [1.165, 1.54) is 0 Å². The number of nitrogen functional groups attached to an aromatic ring is 1. The van der Waals surface area contributed by atoms with E-state index in [0.717, 1.165) is 11.3 Å². The molecule has 7 nitrogen and oxygen atoms in total. The Morgan fingerprint density at radius 2 is 1.88 bits per heavy atom. The number of allylic oxidation sites excluding steroid dienone is 1. The Bertz CT molecular complexity index is 956. The van der Waals surface area contributed by atoms with Crippen molar-refractivity contribution in [1.29, 1.82) is 0 Å². The minimum Gasteiger partial charge on any atom is -0.399 e. The summed E-state index contributed by atoms with van der Waals surface area (Å²) in [6.45, 7) is 2.00. The highest BCUT2D eigenvalue weighted by molar-refractivity contribution is 6.28. The maximum Gasteiger partial charge on any atom is 0.198 e. The summed E-state index contributed by atoms with van der Waals surface area (Å²) in [7, 11) is 3.68. The van der Waals surface area contributed by atoms with Crippen molar-refractivity contribution in [3.63, 3.8) is 0 Å². The Labute approximate surface area is 151 Å². The van der Waals surface area contributed by atoms with Gasteiger partial charge in [0.1, 0.15) is 0 Å². The molecule has 0 unspecified atom stereocenters. The molecule has 7 heteroatoms. The van der Waals surface area contributed by atoms with Gasteiger partial charge >= 0.3 is 0 Å². The normalized spacial score (nSPS) is 11.4. The molecule has 1 heterocycles. The van der Waals surface area contributed by atoms with E-state index in [1.807, 2.05) is 45.3 Å². The number of hydrogen-bond donors (Lipinski definition) is 1. The first kappa shape index (κ1) is 17.3. The first-order chi connectivity index (χ1) is 12.5. The molecular formula is C19H20N6O. The second kappa shape index (κ2) is 7.18. The van der Waals surface area contributed by atoms with Gasteiger partial charge in [0.2, 0.25) is 0 Å². The van der Waals surface area contributed by atoms with Crippen molar-refractivity contribution in [3.05, 3.63) is 71.7 Å². The van der Waals surface area contributed by atoms with E-state index >= 15 is 0 Å². The molecule has 0 saturated heterocycles. The Morgan fingerprint density at radius 1 is 1.15 bits per heavy atom. The number of anilines is 1. The van der Waals surface area contributed by atoms with E-state index < -0.39 is 0 Å². The summed E-state index contributed by atoms with van der Waals surface area (Å²) in [5.41, 5.74) is 9.12. The Kier molecular flexibility index (Phi) is 4.79. The molecule has 132 valence electrons. The highest BCUT2D eigenvalue weighted by Crippen LogP contribution is 2.22. The number of aryl methyl sites for hydroxylation is 1. The average molecular weight is 348 g/mol. The highest BCUT2D eigenvalue weighted by Gasteiger charge is 2.22. The number of rotatable bonds is 5. The predicted molar refractivity (Wildman–Crippen MR) is 101 cm³/mol. The standard InChI is InChI=1S/C19H20N6O/c1-13-7-9-16(10-8-13)25-19(21-22-23-25)17(12-24(2)3)18(26)14-5-4-6-15(20)11-14/h4-12H,20H2,1-3H3. The molecule has 0 aliphatic rings. The van der Waals surface area contributed by atoms with Gasteiger partial charge in [-0.25, -0.2) is 0 Å². The first-order valence-corrected chi connectivity index (χ1v) is 8.10. The third kappa shape index (κ3) is 3.61. The van der Waals surface area contributed by atoms with Gasteiger partial charge in [-0.15, -0.1) is 5.10 Å². The lowest BCUT2D eigenvalue weighted by molar-refractivity contribution is 0.105. The Balaban J connectivity index is 2.09. The third-order valence-corrected chi connectivity index (χ3v) is 3.77. The number of benzene rings is 2. The van der Waals surface area contributed by atoms with E-state index in [4.69, 9.17) is 5.73 Å². The lowest BCUT2D eigenvalue weighted by atomic mass is 10.0. The molecule has 0 amide bonds. The fraction of sp³-hybridized carbons (Fsp3) is 0.158. The second-order valence-electron chi connectivity index (χ2n) is 6.21. The maximum absolute atomic E-state index is 13.1. The van der Waals surface area contributed by atoms with Crippen molar-refractivity contribution in [3.8, 4) is 5.69 Å². The number of ketones is 1. The van der Waals surface area contributed by atoms with Crippen LogP contribution in [0.4, 0.5) is 5.69 Å². The molecule has 0 aliphatic carbocycles. The lowest BCUT2D eigenvalue weighted by Gasteiger charge is -2.12. The van der Waals surface area contributed by atoms with Gasteiger partial charge in [0.25, 0.3) is 0 Å². The zero-order valence-electron chi connectivity index (χ0n) is 14.9. The van der Waals surface area contributed by atoms with Crippen molar-refractivity contribution < 1.29 is 4.79 Å². The topological polar surface area (TPSA) is 89.9 Å². The van der Waals surface area contributed by atoms with Crippen LogP contribution in [0.5, 0.6) is 0 Å². The summed E-state index contributed by atoms with van der Waals surface area (Å²) in [6.07, 6.45) is 1.71. The number of Topliss-reactive ketones (excluding diaryl/α,β-unsaturated/α-hetero) is 1. The lowest BCUT2D eigenvalue weighted by Crippen LogP contribution is -2.13. The summed E-state index contributed by atoms with van der Waals surface area (Å²) in [4.78, 5) is 14.9. The smallest absolute Gasteiger partial charge is 0.198 e. The number of tetrazole rings is 1. The van der Waals surface area contributed by atoms with Crippen LogP contribution in [0.25, 0.3) is 11.3 Å². The van der Waals surface area contributed by atoms with E-state index in [1.54, 1.807) is 40.0 Å². The molecule has 0 fully saturated rings. The van der Waals surface area contributed by atoms with Crippen molar-refractivity contribution >= 4 is 17.0 Å². The monoisotopic (exact) mass is 348 g/mol. The summed E-state index contributed by atoms with van der Waals surface area (Å²) in [5.74, 6) is 0.170. The minimum atomic E-state index is -0.200. The summed E-state index contributed by atoms with van der Waals surface area (Å²) in [6, 6.07) is 14.6. The van der Waals surface area contributed by atoms with Crippen LogP contribution in [-0.4, -0.2) is 45.0 Å². The zero-order valence-corrected chi connectivity index (χ0v) is 14.9. The first-order valence-electron chi connectivity index (χ1n) is 8.10. The summed E-state index contributed by atoms with van der Waals surface area (Å²) >= 11 is 0. The SMILES string of the molecule is Cc1ccc(-n2nnnc2C(=CN(C)C)C(=O)c2cccc(N)c2)cc1.